The van der Waals surface area contributed by atoms with Crippen molar-refractivity contribution in [2.24, 2.45) is 16.3 Å². The second-order valence-electron chi connectivity index (χ2n) is 3.96. The van der Waals surface area contributed by atoms with Crippen molar-refractivity contribution in [1.29, 1.82) is 0 Å². The van der Waals surface area contributed by atoms with E-state index in [9.17, 15) is 0 Å². The van der Waals surface area contributed by atoms with Crippen molar-refractivity contribution >= 4 is 18.1 Å². The summed E-state index contributed by atoms with van der Waals surface area (Å²) in [6.07, 6.45) is 1.00. The summed E-state index contributed by atoms with van der Waals surface area (Å²) in [6.45, 7) is 6.96. The van der Waals surface area contributed by atoms with Crippen molar-refractivity contribution < 1.29 is 4.84 Å². The van der Waals surface area contributed by atoms with Gasteiger partial charge in [0.15, 0.2) is 0 Å². The van der Waals surface area contributed by atoms with E-state index in [0.717, 1.165) is 12.1 Å². The molecule has 3 nitrogen and oxygen atoms in total. The number of rotatable bonds is 1. The van der Waals surface area contributed by atoms with Crippen LogP contribution in [0, 0.1) is 5.41 Å². The zero-order valence-electron chi connectivity index (χ0n) is 7.83. The summed E-state index contributed by atoms with van der Waals surface area (Å²) in [7, 11) is 0. The number of nitrogens with two attached hydrogens (primary N) is 1. The van der Waals surface area contributed by atoms with E-state index in [1.54, 1.807) is 0 Å². The van der Waals surface area contributed by atoms with E-state index < -0.39 is 0 Å². The van der Waals surface area contributed by atoms with E-state index in [2.05, 4.69) is 25.9 Å². The van der Waals surface area contributed by atoms with Crippen LogP contribution in [0.1, 0.15) is 27.2 Å². The number of halogens is 1. The van der Waals surface area contributed by atoms with Gasteiger partial charge in [-0.3, -0.25) is 0 Å². The third-order valence-electron chi connectivity index (χ3n) is 1.86. The first kappa shape index (κ1) is 11.7. The largest absolute Gasteiger partial charge is 0.391 e. The minimum atomic E-state index is 0. The van der Waals surface area contributed by atoms with Gasteiger partial charge in [0.05, 0.1) is 5.71 Å². The van der Waals surface area contributed by atoms with Crippen LogP contribution in [0.15, 0.2) is 5.16 Å². The van der Waals surface area contributed by atoms with Crippen LogP contribution < -0.4 is 5.73 Å². The molecule has 0 fully saturated rings. The van der Waals surface area contributed by atoms with Gasteiger partial charge >= 0.3 is 0 Å². The summed E-state index contributed by atoms with van der Waals surface area (Å²) in [5.41, 5.74) is 6.69. The normalized spacial score (nSPS) is 22.7. The Kier molecular flexibility index (Phi) is 4.00. The molecule has 0 saturated heterocycles. The van der Waals surface area contributed by atoms with Crippen LogP contribution in [0.2, 0.25) is 0 Å². The molecule has 72 valence electrons. The third-order valence-corrected chi connectivity index (χ3v) is 1.86. The molecule has 0 aromatic heterocycles. The lowest BCUT2D eigenvalue weighted by molar-refractivity contribution is 0.0917. The Bertz CT molecular complexity index is 174. The summed E-state index contributed by atoms with van der Waals surface area (Å²) in [4.78, 5) is 5.10. The molecule has 1 heterocycles. The number of hydrogen-bond acceptors (Lipinski definition) is 3. The molecule has 0 radical (unpaired) electrons. The standard InChI is InChI=1S/C8H16N2O.ClH/c1-8(2,3)7-4-6(5-9)11-10-7;/h6H,4-5,9H2,1-3H3;1H. The average molecular weight is 193 g/mol. The van der Waals surface area contributed by atoms with Gasteiger partial charge in [-0.2, -0.15) is 0 Å². The molecule has 0 amide bonds. The summed E-state index contributed by atoms with van der Waals surface area (Å²) < 4.78 is 0. The van der Waals surface area contributed by atoms with Crippen molar-refractivity contribution in [2.45, 2.75) is 33.3 Å². The van der Waals surface area contributed by atoms with Crippen LogP contribution in [0.3, 0.4) is 0 Å². The summed E-state index contributed by atoms with van der Waals surface area (Å²) >= 11 is 0. The van der Waals surface area contributed by atoms with Gasteiger partial charge < -0.3 is 10.6 Å². The number of oxime groups is 1. The van der Waals surface area contributed by atoms with E-state index in [4.69, 9.17) is 10.6 Å². The number of hydrogen-bond donors (Lipinski definition) is 1. The van der Waals surface area contributed by atoms with Crippen LogP contribution in [0.25, 0.3) is 0 Å². The Hall–Kier alpha value is -0.280. The van der Waals surface area contributed by atoms with Gasteiger partial charge in [0, 0.05) is 18.4 Å². The molecular formula is C8H17ClN2O. The minimum absolute atomic E-state index is 0. The van der Waals surface area contributed by atoms with Gasteiger partial charge in [0.2, 0.25) is 0 Å². The Labute approximate surface area is 79.7 Å². The number of nitrogens with zero attached hydrogens (tertiary/aromatic N) is 1. The molecule has 0 bridgehead atoms. The van der Waals surface area contributed by atoms with E-state index in [-0.39, 0.29) is 23.9 Å². The quantitative estimate of drug-likeness (QED) is 0.686. The SMILES string of the molecule is CC(C)(C)C1=NOC(CN)C1.Cl. The topological polar surface area (TPSA) is 47.6 Å². The fourth-order valence-corrected chi connectivity index (χ4v) is 0.998. The maximum absolute atomic E-state index is 5.44. The molecule has 1 rings (SSSR count). The monoisotopic (exact) mass is 192 g/mol. The highest BCUT2D eigenvalue weighted by Gasteiger charge is 2.28. The average Bonchev–Trinajstić information content (AvgIpc) is 2.32. The summed E-state index contributed by atoms with van der Waals surface area (Å²) in [5, 5.41) is 4.00. The van der Waals surface area contributed by atoms with Crippen molar-refractivity contribution in [2.75, 3.05) is 6.54 Å². The zero-order valence-corrected chi connectivity index (χ0v) is 8.65. The van der Waals surface area contributed by atoms with Crippen molar-refractivity contribution in [3.8, 4) is 0 Å². The molecular weight excluding hydrogens is 176 g/mol. The Morgan fingerprint density at radius 2 is 2.17 bits per heavy atom. The van der Waals surface area contributed by atoms with Gasteiger partial charge in [-0.15, -0.1) is 12.4 Å². The third kappa shape index (κ3) is 2.64. The molecule has 0 aromatic carbocycles. The van der Waals surface area contributed by atoms with Crippen molar-refractivity contribution in [1.82, 2.24) is 0 Å². The van der Waals surface area contributed by atoms with Gasteiger partial charge in [0.25, 0.3) is 0 Å². The predicted octanol–water partition coefficient (Wildman–Crippen LogP) is 1.56. The van der Waals surface area contributed by atoms with Gasteiger partial charge in [-0.05, 0) is 0 Å². The molecule has 0 aliphatic carbocycles. The summed E-state index contributed by atoms with van der Waals surface area (Å²) in [6, 6.07) is 0. The molecule has 2 N–H and O–H groups in total. The van der Waals surface area contributed by atoms with E-state index >= 15 is 0 Å². The first-order valence-corrected chi connectivity index (χ1v) is 3.97. The van der Waals surface area contributed by atoms with Crippen LogP contribution in [0.5, 0.6) is 0 Å². The minimum Gasteiger partial charge on any atom is -0.391 e. The first-order chi connectivity index (χ1) is 5.04. The molecule has 0 saturated carbocycles. The highest BCUT2D eigenvalue weighted by Crippen LogP contribution is 2.24. The van der Waals surface area contributed by atoms with E-state index in [1.807, 2.05) is 0 Å². The molecule has 4 heteroatoms. The Morgan fingerprint density at radius 3 is 2.42 bits per heavy atom. The fraction of sp³-hybridized carbons (Fsp3) is 0.875. The zero-order chi connectivity index (χ0) is 8.48. The Balaban J connectivity index is 0.00000121. The van der Waals surface area contributed by atoms with Crippen LogP contribution in [-0.2, 0) is 4.84 Å². The van der Waals surface area contributed by atoms with Crippen LogP contribution in [0.4, 0.5) is 0 Å². The molecule has 1 aliphatic heterocycles. The highest BCUT2D eigenvalue weighted by atomic mass is 35.5. The lowest BCUT2D eigenvalue weighted by atomic mass is 9.87. The molecule has 12 heavy (non-hydrogen) atoms. The van der Waals surface area contributed by atoms with Gasteiger partial charge in [0.1, 0.15) is 6.10 Å². The van der Waals surface area contributed by atoms with Gasteiger partial charge in [-0.1, -0.05) is 25.9 Å². The van der Waals surface area contributed by atoms with Gasteiger partial charge in [-0.25, -0.2) is 0 Å². The lowest BCUT2D eigenvalue weighted by Gasteiger charge is -2.16. The van der Waals surface area contributed by atoms with Crippen LogP contribution in [-0.4, -0.2) is 18.4 Å². The smallest absolute Gasteiger partial charge is 0.145 e. The lowest BCUT2D eigenvalue weighted by Crippen LogP contribution is -2.24. The molecule has 1 unspecified atom stereocenters. The van der Waals surface area contributed by atoms with Crippen molar-refractivity contribution in [3.63, 3.8) is 0 Å². The maximum atomic E-state index is 5.44. The second-order valence-corrected chi connectivity index (χ2v) is 3.96. The highest BCUT2D eigenvalue weighted by molar-refractivity contribution is 5.90. The Morgan fingerprint density at radius 1 is 1.58 bits per heavy atom. The molecule has 0 spiro atoms. The second kappa shape index (κ2) is 4.10. The predicted molar refractivity (Wildman–Crippen MR) is 52.7 cm³/mol. The fourth-order valence-electron chi connectivity index (χ4n) is 0.998. The van der Waals surface area contributed by atoms with E-state index in [0.29, 0.717) is 6.54 Å². The summed E-state index contributed by atoms with van der Waals surface area (Å²) in [5.74, 6) is 0. The molecule has 1 aliphatic rings. The van der Waals surface area contributed by atoms with Crippen LogP contribution >= 0.6 is 12.4 Å². The first-order valence-electron chi connectivity index (χ1n) is 3.97. The maximum Gasteiger partial charge on any atom is 0.145 e. The van der Waals surface area contributed by atoms with E-state index in [1.165, 1.54) is 0 Å². The molecule has 1 atom stereocenters. The van der Waals surface area contributed by atoms with Crippen molar-refractivity contribution in [3.05, 3.63) is 0 Å². The molecule has 0 aromatic rings.